The predicted molar refractivity (Wildman–Crippen MR) is 163 cm³/mol. The number of aromatic nitrogens is 2. The Labute approximate surface area is 249 Å². The van der Waals surface area contributed by atoms with Gasteiger partial charge in [0.1, 0.15) is 17.1 Å². The quantitative estimate of drug-likeness (QED) is 0.138. The van der Waals surface area contributed by atoms with Crippen LogP contribution in [0.3, 0.4) is 0 Å². The van der Waals surface area contributed by atoms with Crippen LogP contribution in [0.25, 0.3) is 22.2 Å². The number of ether oxygens (including phenoxy) is 3. The van der Waals surface area contributed by atoms with E-state index in [0.717, 1.165) is 12.8 Å². The van der Waals surface area contributed by atoms with Crippen molar-refractivity contribution in [2.45, 2.75) is 52.7 Å². The summed E-state index contributed by atoms with van der Waals surface area (Å²) in [7, 11) is 0. The second kappa shape index (κ2) is 14.5. The lowest BCUT2D eigenvalue weighted by atomic mass is 10.00. The third-order valence-electron chi connectivity index (χ3n) is 6.30. The molecule has 42 heavy (non-hydrogen) atoms. The fraction of sp³-hybridized carbons (Fsp3) is 0.312. The number of anilines is 1. The number of pyridine rings is 2. The van der Waals surface area contributed by atoms with Crippen LogP contribution in [0.15, 0.2) is 71.7 Å². The average molecular weight is 592 g/mol. The zero-order chi connectivity index (χ0) is 30.1. The molecular weight excluding hydrogens is 558 g/mol. The van der Waals surface area contributed by atoms with Gasteiger partial charge in [-0.05, 0) is 68.3 Å². The van der Waals surface area contributed by atoms with E-state index in [1.165, 1.54) is 0 Å². The highest BCUT2D eigenvalue weighted by molar-refractivity contribution is 6.30. The van der Waals surface area contributed by atoms with E-state index in [9.17, 15) is 14.4 Å². The van der Waals surface area contributed by atoms with Crippen molar-refractivity contribution >= 4 is 40.4 Å². The lowest BCUT2D eigenvalue weighted by Gasteiger charge is -2.19. The Hall–Kier alpha value is -4.37. The highest BCUT2D eigenvalue weighted by atomic mass is 35.5. The first kappa shape index (κ1) is 30.6. The summed E-state index contributed by atoms with van der Waals surface area (Å²) < 4.78 is 18.2. The molecule has 10 heteroatoms. The normalized spacial score (nSPS) is 11.0. The zero-order valence-corrected chi connectivity index (χ0v) is 24.6. The van der Waals surface area contributed by atoms with Gasteiger partial charge >= 0.3 is 12.1 Å². The standard InChI is InChI=1S/C32H34ClN3O6/c1-4-5-16-36-29-26(14-8-15-34-29)27(28(30(36)37)35-32(39)42-21(2)3)22-10-7-13-25(20-22)40-17-9-18-41-31(38)23-11-6-12-24(33)19-23/h6-8,10-15,19-21H,4-5,9,16-18H2,1-3H3,(H,35,39). The number of hydrogen-bond donors (Lipinski definition) is 1. The van der Waals surface area contributed by atoms with Crippen LogP contribution in [-0.2, 0) is 16.0 Å². The molecule has 0 atom stereocenters. The lowest BCUT2D eigenvalue weighted by molar-refractivity contribution is 0.0486. The molecule has 0 bridgehead atoms. The maximum absolute atomic E-state index is 13.8. The number of esters is 1. The molecule has 2 aromatic carbocycles. The minimum absolute atomic E-state index is 0.113. The molecule has 4 aromatic rings. The van der Waals surface area contributed by atoms with E-state index in [1.54, 1.807) is 67.1 Å². The van der Waals surface area contributed by atoms with Crippen LogP contribution in [0.1, 0.15) is 50.4 Å². The summed E-state index contributed by atoms with van der Waals surface area (Å²) in [5, 5.41) is 3.87. The van der Waals surface area contributed by atoms with Crippen molar-refractivity contribution in [2.75, 3.05) is 18.5 Å². The molecule has 0 aliphatic rings. The van der Waals surface area contributed by atoms with Gasteiger partial charge in [-0.2, -0.15) is 0 Å². The maximum Gasteiger partial charge on any atom is 0.412 e. The minimum Gasteiger partial charge on any atom is -0.493 e. The smallest absolute Gasteiger partial charge is 0.412 e. The molecule has 0 fully saturated rings. The van der Waals surface area contributed by atoms with Crippen molar-refractivity contribution in [2.24, 2.45) is 0 Å². The van der Waals surface area contributed by atoms with Crippen LogP contribution in [0.2, 0.25) is 5.02 Å². The van der Waals surface area contributed by atoms with E-state index in [1.807, 2.05) is 25.1 Å². The van der Waals surface area contributed by atoms with Gasteiger partial charge in [0.05, 0.1) is 24.9 Å². The third kappa shape index (κ3) is 7.67. The van der Waals surface area contributed by atoms with E-state index in [0.29, 0.717) is 58.1 Å². The van der Waals surface area contributed by atoms with Gasteiger partial charge in [0.25, 0.3) is 5.56 Å². The van der Waals surface area contributed by atoms with Crippen LogP contribution in [0.5, 0.6) is 5.75 Å². The summed E-state index contributed by atoms with van der Waals surface area (Å²) in [6, 6.07) is 17.5. The van der Waals surface area contributed by atoms with Gasteiger partial charge in [0.15, 0.2) is 0 Å². The van der Waals surface area contributed by atoms with Gasteiger partial charge in [-0.1, -0.05) is 43.1 Å². The highest BCUT2D eigenvalue weighted by Crippen LogP contribution is 2.35. The molecule has 2 aromatic heterocycles. The number of nitrogens with zero attached hydrogens (tertiary/aromatic N) is 2. The molecule has 9 nitrogen and oxygen atoms in total. The number of benzene rings is 2. The average Bonchev–Trinajstić information content (AvgIpc) is 2.96. The molecule has 0 saturated heterocycles. The van der Waals surface area contributed by atoms with Crippen molar-refractivity contribution < 1.29 is 23.8 Å². The summed E-state index contributed by atoms with van der Waals surface area (Å²) in [5.41, 5.74) is 1.85. The summed E-state index contributed by atoms with van der Waals surface area (Å²) in [5.74, 6) is 0.0984. The Balaban J connectivity index is 1.58. The first-order valence-electron chi connectivity index (χ1n) is 13.9. The number of carbonyl (C=O) groups excluding carboxylic acids is 2. The molecule has 1 amide bonds. The van der Waals surface area contributed by atoms with Crippen molar-refractivity contribution in [1.82, 2.24) is 9.55 Å². The van der Waals surface area contributed by atoms with Crippen molar-refractivity contribution in [3.05, 3.63) is 87.8 Å². The van der Waals surface area contributed by atoms with Crippen molar-refractivity contribution in [3.8, 4) is 16.9 Å². The van der Waals surface area contributed by atoms with E-state index in [-0.39, 0.29) is 24.0 Å². The van der Waals surface area contributed by atoms with E-state index < -0.39 is 12.1 Å². The van der Waals surface area contributed by atoms with Gasteiger partial charge < -0.3 is 14.2 Å². The largest absolute Gasteiger partial charge is 0.493 e. The molecule has 0 saturated carbocycles. The number of carbonyl (C=O) groups is 2. The summed E-state index contributed by atoms with van der Waals surface area (Å²) in [6.45, 7) is 6.44. The van der Waals surface area contributed by atoms with E-state index in [4.69, 9.17) is 25.8 Å². The number of amides is 1. The minimum atomic E-state index is -0.714. The molecule has 220 valence electrons. The first-order valence-corrected chi connectivity index (χ1v) is 14.3. The Bertz CT molecular complexity index is 1620. The summed E-state index contributed by atoms with van der Waals surface area (Å²) >= 11 is 5.94. The molecule has 0 aliphatic heterocycles. The van der Waals surface area contributed by atoms with Crippen LogP contribution in [0.4, 0.5) is 10.5 Å². The van der Waals surface area contributed by atoms with Gasteiger partial charge in [-0.3, -0.25) is 14.7 Å². The van der Waals surface area contributed by atoms with Crippen LogP contribution in [0, 0.1) is 0 Å². The van der Waals surface area contributed by atoms with Gasteiger partial charge in [-0.25, -0.2) is 14.6 Å². The number of halogens is 1. The summed E-state index contributed by atoms with van der Waals surface area (Å²) in [6.07, 6.45) is 2.70. The summed E-state index contributed by atoms with van der Waals surface area (Å²) in [4.78, 5) is 43.2. The maximum atomic E-state index is 13.8. The second-order valence-corrected chi connectivity index (χ2v) is 10.3. The van der Waals surface area contributed by atoms with Crippen molar-refractivity contribution in [3.63, 3.8) is 0 Å². The molecule has 2 heterocycles. The number of rotatable bonds is 12. The van der Waals surface area contributed by atoms with Crippen LogP contribution < -0.4 is 15.6 Å². The van der Waals surface area contributed by atoms with Gasteiger partial charge in [-0.15, -0.1) is 0 Å². The van der Waals surface area contributed by atoms with Crippen molar-refractivity contribution in [1.29, 1.82) is 0 Å². The van der Waals surface area contributed by atoms with Gasteiger partial charge in [0.2, 0.25) is 0 Å². The Morgan fingerprint density at radius 2 is 1.83 bits per heavy atom. The number of fused-ring (bicyclic) bond motifs is 1. The molecule has 0 aliphatic carbocycles. The number of aryl methyl sites for hydroxylation is 1. The fourth-order valence-electron chi connectivity index (χ4n) is 4.42. The van der Waals surface area contributed by atoms with E-state index in [2.05, 4.69) is 10.3 Å². The SMILES string of the molecule is CCCCn1c(=O)c(NC(=O)OC(C)C)c(-c2cccc(OCCCOC(=O)c3cccc(Cl)c3)c2)c2cccnc21. The molecule has 1 N–H and O–H groups in total. The van der Waals surface area contributed by atoms with Crippen LogP contribution in [-0.4, -0.2) is 40.9 Å². The number of nitrogens with one attached hydrogen (secondary N) is 1. The third-order valence-corrected chi connectivity index (χ3v) is 6.53. The topological polar surface area (TPSA) is 109 Å². The Morgan fingerprint density at radius 3 is 2.60 bits per heavy atom. The molecule has 0 spiro atoms. The molecule has 0 radical (unpaired) electrons. The predicted octanol–water partition coefficient (Wildman–Crippen LogP) is 7.10. The zero-order valence-electron chi connectivity index (χ0n) is 23.9. The number of hydrogen-bond acceptors (Lipinski definition) is 7. The Kier molecular flexibility index (Phi) is 10.6. The Morgan fingerprint density at radius 1 is 1.02 bits per heavy atom. The monoisotopic (exact) mass is 591 g/mol. The first-order chi connectivity index (χ1) is 20.3. The van der Waals surface area contributed by atoms with Crippen LogP contribution >= 0.6 is 11.6 Å². The fourth-order valence-corrected chi connectivity index (χ4v) is 4.61. The molecule has 4 rings (SSSR count). The second-order valence-electron chi connectivity index (χ2n) is 9.89. The molecule has 0 unspecified atom stereocenters. The van der Waals surface area contributed by atoms with Gasteiger partial charge in [0, 0.05) is 35.1 Å². The number of unbranched alkanes of at least 4 members (excludes halogenated alkanes) is 1. The molecular formula is C32H34ClN3O6. The highest BCUT2D eigenvalue weighted by Gasteiger charge is 2.22. The lowest BCUT2D eigenvalue weighted by Crippen LogP contribution is -2.29. The van der Waals surface area contributed by atoms with E-state index >= 15 is 0 Å².